The molecule has 2 aromatic carbocycles. The molecule has 6 N–H and O–H groups in total. The van der Waals surface area contributed by atoms with Crippen molar-refractivity contribution < 1.29 is 44.3 Å². The van der Waals surface area contributed by atoms with Crippen LogP contribution in [0, 0.1) is 0 Å². The number of Topliss-reactive ketones (excluding diaryl/α,β-unsaturated/α-hetero) is 1. The summed E-state index contributed by atoms with van der Waals surface area (Å²) in [4.78, 5) is 38.6. The molecule has 2 aromatic rings. The minimum Gasteiger partial charge on any atom is -0.504 e. The average Bonchev–Trinajstić information content (AvgIpc) is 2.90. The predicted molar refractivity (Wildman–Crippen MR) is 148 cm³/mol. The van der Waals surface area contributed by atoms with Gasteiger partial charge in [-0.3, -0.25) is 19.8 Å². The number of hydrogen-bond donors (Lipinski definition) is 6. The molecule has 12 nitrogen and oxygen atoms in total. The van der Waals surface area contributed by atoms with Crippen LogP contribution in [0.15, 0.2) is 36.4 Å². The number of carbonyl (C=O) groups excluding carboxylic acids is 3. The fourth-order valence-electron chi connectivity index (χ4n) is 4.40. The number of aromatic hydroxyl groups is 3. The lowest BCUT2D eigenvalue weighted by Gasteiger charge is -2.40. The number of ether oxygens (including phenoxy) is 2. The molecule has 0 bridgehead atoms. The zero-order valence-electron chi connectivity index (χ0n) is 23.7. The van der Waals surface area contributed by atoms with Gasteiger partial charge in [-0.05, 0) is 70.0 Å². The number of β-amino-alcohol motifs (C(OH)–C–C–N with tert-alkyl or cyclic N) is 1. The highest BCUT2D eigenvalue weighted by atomic mass is 16.5. The van der Waals surface area contributed by atoms with Gasteiger partial charge in [-0.15, -0.1) is 0 Å². The standard InChI is InChI=1S/C29H39N3O9/c1-5-40-27(38)14-21(28(39)18-6-9-22(34)23(35)13-18)32-20(8-11-26(37)31-32)17-7-10-25(24(36)12-17)41-16-19(33)15-30-29(2,3)4/h6-7,9-10,12-13,19-21,30,33-36H,5,8,11,14-16H2,1-4H3,(H,31,37). The first-order valence-corrected chi connectivity index (χ1v) is 13.5. The molecule has 0 radical (unpaired) electrons. The minimum absolute atomic E-state index is 0.0132. The minimum atomic E-state index is -1.23. The summed E-state index contributed by atoms with van der Waals surface area (Å²) < 4.78 is 10.7. The second kappa shape index (κ2) is 13.7. The Morgan fingerprint density at radius 2 is 1.83 bits per heavy atom. The Balaban J connectivity index is 1.87. The Morgan fingerprint density at radius 3 is 2.46 bits per heavy atom. The number of amides is 1. The number of nitrogens with zero attached hydrogens (tertiary/aromatic N) is 1. The first-order chi connectivity index (χ1) is 19.3. The summed E-state index contributed by atoms with van der Waals surface area (Å²) in [7, 11) is 0. The van der Waals surface area contributed by atoms with Gasteiger partial charge in [0.25, 0.3) is 0 Å². The van der Waals surface area contributed by atoms with Gasteiger partial charge in [0.05, 0.1) is 19.1 Å². The first kappa shape index (κ1) is 31.7. The van der Waals surface area contributed by atoms with Crippen LogP contribution in [0.25, 0.3) is 0 Å². The third-order valence-electron chi connectivity index (χ3n) is 6.47. The highest BCUT2D eigenvalue weighted by Crippen LogP contribution is 2.36. The number of phenols is 3. The lowest BCUT2D eigenvalue weighted by Crippen LogP contribution is -2.56. The maximum absolute atomic E-state index is 13.6. The van der Waals surface area contributed by atoms with Crippen molar-refractivity contribution in [3.63, 3.8) is 0 Å². The van der Waals surface area contributed by atoms with Crippen molar-refractivity contribution in [2.45, 2.75) is 70.7 Å². The summed E-state index contributed by atoms with van der Waals surface area (Å²) in [5.74, 6) is -2.60. The highest BCUT2D eigenvalue weighted by molar-refractivity contribution is 6.02. The molecule has 1 aliphatic heterocycles. The van der Waals surface area contributed by atoms with Crippen molar-refractivity contribution in [2.75, 3.05) is 19.8 Å². The van der Waals surface area contributed by atoms with Gasteiger partial charge in [0.1, 0.15) is 18.8 Å². The van der Waals surface area contributed by atoms with Gasteiger partial charge in [0.2, 0.25) is 5.91 Å². The molecule has 3 atom stereocenters. The van der Waals surface area contributed by atoms with Crippen molar-refractivity contribution in [2.24, 2.45) is 0 Å². The topological polar surface area (TPSA) is 178 Å². The van der Waals surface area contributed by atoms with E-state index in [-0.39, 0.29) is 54.6 Å². The van der Waals surface area contributed by atoms with E-state index in [1.807, 2.05) is 20.8 Å². The first-order valence-electron chi connectivity index (χ1n) is 13.5. The van der Waals surface area contributed by atoms with E-state index in [1.54, 1.807) is 13.0 Å². The van der Waals surface area contributed by atoms with E-state index in [4.69, 9.17) is 9.47 Å². The lowest BCUT2D eigenvalue weighted by atomic mass is 9.93. The summed E-state index contributed by atoms with van der Waals surface area (Å²) in [6, 6.07) is 6.34. The Bertz CT molecular complexity index is 1240. The maximum Gasteiger partial charge on any atom is 0.307 e. The second-order valence-electron chi connectivity index (χ2n) is 10.9. The largest absolute Gasteiger partial charge is 0.504 e. The van der Waals surface area contributed by atoms with Gasteiger partial charge in [-0.1, -0.05) is 6.07 Å². The van der Waals surface area contributed by atoms with Crippen LogP contribution in [0.2, 0.25) is 0 Å². The fourth-order valence-corrected chi connectivity index (χ4v) is 4.40. The third-order valence-corrected chi connectivity index (χ3v) is 6.47. The Hall–Kier alpha value is -3.87. The maximum atomic E-state index is 13.6. The van der Waals surface area contributed by atoms with Gasteiger partial charge in [-0.2, -0.15) is 0 Å². The van der Waals surface area contributed by atoms with Crippen molar-refractivity contribution in [1.82, 2.24) is 15.8 Å². The van der Waals surface area contributed by atoms with Gasteiger partial charge in [-0.25, -0.2) is 5.01 Å². The molecule has 12 heteroatoms. The molecule has 1 aliphatic rings. The Morgan fingerprint density at radius 1 is 1.10 bits per heavy atom. The third kappa shape index (κ3) is 8.81. The van der Waals surface area contributed by atoms with E-state index >= 15 is 0 Å². The summed E-state index contributed by atoms with van der Waals surface area (Å²) in [6.07, 6.45) is -0.811. The number of carbonyl (C=O) groups is 3. The number of ketones is 1. The molecule has 1 heterocycles. The number of esters is 1. The van der Waals surface area contributed by atoms with Crippen molar-refractivity contribution in [3.8, 4) is 23.0 Å². The molecule has 0 saturated carbocycles. The van der Waals surface area contributed by atoms with Crippen LogP contribution in [0.4, 0.5) is 0 Å². The van der Waals surface area contributed by atoms with E-state index in [9.17, 15) is 34.8 Å². The lowest BCUT2D eigenvalue weighted by molar-refractivity contribution is -0.147. The SMILES string of the molecule is CCOC(=O)CC(C(=O)c1ccc(O)c(O)c1)N1NC(=O)CCC1c1ccc(OCC(O)CNC(C)(C)C)c(O)c1. The monoisotopic (exact) mass is 573 g/mol. The molecule has 3 unspecified atom stereocenters. The molecule has 41 heavy (non-hydrogen) atoms. The Labute approximate surface area is 238 Å². The number of rotatable bonds is 12. The number of phenolic OH excluding ortho intramolecular Hbond substituents is 3. The smallest absolute Gasteiger partial charge is 0.307 e. The van der Waals surface area contributed by atoms with E-state index in [2.05, 4.69) is 10.7 Å². The van der Waals surface area contributed by atoms with Gasteiger partial charge >= 0.3 is 5.97 Å². The normalized spacial score (nSPS) is 17.4. The summed E-state index contributed by atoms with van der Waals surface area (Å²) in [5.41, 5.74) is 3.07. The number of aliphatic hydroxyl groups is 1. The van der Waals surface area contributed by atoms with Crippen LogP contribution < -0.4 is 15.5 Å². The van der Waals surface area contributed by atoms with Crippen LogP contribution in [0.1, 0.15) is 68.9 Å². The van der Waals surface area contributed by atoms with Crippen LogP contribution in [0.3, 0.4) is 0 Å². The fraction of sp³-hybridized carbons (Fsp3) is 0.483. The summed E-state index contributed by atoms with van der Waals surface area (Å²) in [6.45, 7) is 7.88. The molecular formula is C29H39N3O9. The molecule has 1 saturated heterocycles. The van der Waals surface area contributed by atoms with Crippen LogP contribution >= 0.6 is 0 Å². The zero-order chi connectivity index (χ0) is 30.3. The molecule has 3 rings (SSSR count). The van der Waals surface area contributed by atoms with Crippen molar-refractivity contribution >= 4 is 17.7 Å². The van der Waals surface area contributed by atoms with Crippen LogP contribution in [-0.2, 0) is 14.3 Å². The van der Waals surface area contributed by atoms with E-state index in [0.717, 1.165) is 12.1 Å². The summed E-state index contributed by atoms with van der Waals surface area (Å²) >= 11 is 0. The molecule has 1 amide bonds. The molecule has 0 aliphatic carbocycles. The Kier molecular flexibility index (Phi) is 10.5. The van der Waals surface area contributed by atoms with E-state index in [1.165, 1.54) is 23.2 Å². The number of aliphatic hydroxyl groups excluding tert-OH is 1. The highest BCUT2D eigenvalue weighted by Gasteiger charge is 2.39. The second-order valence-corrected chi connectivity index (χ2v) is 10.9. The van der Waals surface area contributed by atoms with Crippen molar-refractivity contribution in [1.29, 1.82) is 0 Å². The summed E-state index contributed by atoms with van der Waals surface area (Å²) in [5, 5.41) is 45.1. The van der Waals surface area contributed by atoms with Crippen LogP contribution in [-0.4, -0.2) is 80.5 Å². The molecule has 0 spiro atoms. The molecule has 1 fully saturated rings. The van der Waals surface area contributed by atoms with E-state index in [0.29, 0.717) is 12.1 Å². The van der Waals surface area contributed by atoms with Gasteiger partial charge in [0, 0.05) is 24.1 Å². The number of hydrogen-bond acceptors (Lipinski definition) is 11. The molecule has 0 aromatic heterocycles. The number of benzene rings is 2. The van der Waals surface area contributed by atoms with Crippen LogP contribution in [0.5, 0.6) is 23.0 Å². The number of hydrazine groups is 1. The predicted octanol–water partition coefficient (Wildman–Crippen LogP) is 2.30. The molecular weight excluding hydrogens is 534 g/mol. The van der Waals surface area contributed by atoms with E-state index < -0.39 is 47.9 Å². The van der Waals surface area contributed by atoms with Gasteiger partial charge in [0.15, 0.2) is 28.8 Å². The zero-order valence-corrected chi connectivity index (χ0v) is 23.7. The average molecular weight is 574 g/mol. The van der Waals surface area contributed by atoms with Crippen molar-refractivity contribution in [3.05, 3.63) is 47.5 Å². The quantitative estimate of drug-likeness (QED) is 0.125. The number of nitrogens with one attached hydrogen (secondary N) is 2. The molecule has 224 valence electrons. The van der Waals surface area contributed by atoms with Gasteiger partial charge < -0.3 is 35.2 Å².